The first-order valence-electron chi connectivity index (χ1n) is 9.14. The van der Waals surface area contributed by atoms with Gasteiger partial charge in [0.2, 0.25) is 0 Å². The van der Waals surface area contributed by atoms with E-state index >= 15 is 0 Å². The van der Waals surface area contributed by atoms with Gasteiger partial charge in [-0.25, -0.2) is 15.9 Å². The molecule has 2 heteroatoms. The number of pyridine rings is 1. The van der Waals surface area contributed by atoms with Crippen LogP contribution in [-0.2, 0) is 20.1 Å². The summed E-state index contributed by atoms with van der Waals surface area (Å²) in [4.78, 5) is 0. The van der Waals surface area contributed by atoms with Crippen molar-refractivity contribution in [2.45, 2.75) is 0 Å². The van der Waals surface area contributed by atoms with Crippen LogP contribution in [0.1, 0.15) is 16.7 Å². The van der Waals surface area contributed by atoms with Gasteiger partial charge in [0.25, 0.3) is 0 Å². The Bertz CT molecular complexity index is 1440. The molecule has 0 spiro atoms. The number of fused-ring (bicyclic) bond motifs is 1. The minimum atomic E-state index is 0. The van der Waals surface area contributed by atoms with E-state index in [2.05, 4.69) is 91.6 Å². The first-order valence-corrected chi connectivity index (χ1v) is 9.14. The van der Waals surface area contributed by atoms with Gasteiger partial charge < -0.3 is 0 Å². The Kier molecular flexibility index (Phi) is 3.87. The van der Waals surface area contributed by atoms with Gasteiger partial charge in [-0.2, -0.15) is 22.9 Å². The van der Waals surface area contributed by atoms with E-state index < -0.39 is 0 Å². The zero-order chi connectivity index (χ0) is 18.0. The van der Waals surface area contributed by atoms with Crippen LogP contribution in [0.25, 0.3) is 21.5 Å². The number of rotatable bonds is 0. The molecule has 0 bridgehead atoms. The standard InChI is InChI=1S/C26H16N.Ir/c1-27-14-13-17-5-2-3-8-23(17)26(27)22-15-20-11-9-18-6-4-7-19-10-12-21(16-22)25(20)24(18)19;/h2-15H,1H2;/q-1;/b26-22-;. The van der Waals surface area contributed by atoms with Crippen LogP contribution in [0.15, 0.2) is 85.1 Å². The van der Waals surface area contributed by atoms with Crippen LogP contribution in [0.2, 0.25) is 0 Å². The van der Waals surface area contributed by atoms with E-state index in [1.807, 2.05) is 10.4 Å². The molecule has 6 rings (SSSR count). The van der Waals surface area contributed by atoms with Crippen molar-refractivity contribution in [1.82, 2.24) is 0 Å². The normalized spacial score (nSPS) is 13.4. The average molecular weight is 535 g/mol. The van der Waals surface area contributed by atoms with Crippen LogP contribution >= 0.6 is 0 Å². The van der Waals surface area contributed by atoms with Gasteiger partial charge >= 0.3 is 0 Å². The van der Waals surface area contributed by atoms with Crippen LogP contribution in [0.4, 0.5) is 0 Å². The molecule has 0 aliphatic heterocycles. The van der Waals surface area contributed by atoms with Crippen molar-refractivity contribution in [2.24, 2.45) is 0 Å². The van der Waals surface area contributed by atoms with E-state index in [-0.39, 0.29) is 20.1 Å². The molecule has 0 amide bonds. The molecule has 0 atom stereocenters. The number of hydrogen-bond acceptors (Lipinski definition) is 0. The third-order valence-electron chi connectivity index (χ3n) is 5.57. The van der Waals surface area contributed by atoms with E-state index in [0.717, 1.165) is 16.1 Å². The van der Waals surface area contributed by atoms with Crippen molar-refractivity contribution >= 4 is 21.5 Å². The Balaban J connectivity index is 0.00000171. The number of benzene rings is 2. The molecule has 3 aliphatic rings. The van der Waals surface area contributed by atoms with Crippen molar-refractivity contribution in [3.05, 3.63) is 131 Å². The Morgan fingerprint density at radius 3 is 2.39 bits per heavy atom. The quantitative estimate of drug-likeness (QED) is 0.190. The molecule has 3 aliphatic carbocycles. The zero-order valence-electron chi connectivity index (χ0n) is 15.1. The zero-order valence-corrected chi connectivity index (χ0v) is 17.5. The summed E-state index contributed by atoms with van der Waals surface area (Å²) in [5, 5.41) is 7.14. The number of hydrogen-bond donors (Lipinski definition) is 0. The van der Waals surface area contributed by atoms with E-state index in [1.165, 1.54) is 38.6 Å². The number of aromatic nitrogens is 1. The second-order valence-corrected chi connectivity index (χ2v) is 7.13. The molecule has 1 aromatic heterocycles. The first kappa shape index (κ1) is 17.2. The second-order valence-electron chi connectivity index (χ2n) is 7.13. The average Bonchev–Trinajstić information content (AvgIpc) is 2.71. The van der Waals surface area contributed by atoms with Crippen LogP contribution in [0.3, 0.4) is 0 Å². The SMILES string of the molecule is C=[n+]1ccc2ccccc2/c1=c1/[c-]c2ccc3cccc4ccc(c1)[C-]2c34.[Ir]. The molecular weight excluding hydrogens is 519 g/mol. The van der Waals surface area contributed by atoms with Gasteiger partial charge in [-0.1, -0.05) is 60.2 Å². The molecule has 1 heterocycles. The van der Waals surface area contributed by atoms with E-state index in [4.69, 9.17) is 0 Å². The summed E-state index contributed by atoms with van der Waals surface area (Å²) < 4.78 is 1.95. The predicted molar refractivity (Wildman–Crippen MR) is 108 cm³/mol. The van der Waals surface area contributed by atoms with Crippen LogP contribution in [0.5, 0.6) is 0 Å². The Hall–Kier alpha value is -2.93. The molecule has 1 nitrogen and oxygen atoms in total. The van der Waals surface area contributed by atoms with E-state index in [9.17, 15) is 0 Å². The predicted octanol–water partition coefficient (Wildman–Crippen LogP) is 5.06. The smallest absolute Gasteiger partial charge is 0.161 e. The van der Waals surface area contributed by atoms with Crippen molar-refractivity contribution in [3.63, 3.8) is 0 Å². The third-order valence-corrected chi connectivity index (χ3v) is 5.57. The Morgan fingerprint density at radius 1 is 0.786 bits per heavy atom. The summed E-state index contributed by atoms with van der Waals surface area (Å²) in [5.74, 6) is 1.30. The molecule has 1 radical (unpaired) electrons. The molecular formula is C26H16IrN-. The van der Waals surface area contributed by atoms with Gasteiger partial charge in [-0.15, -0.1) is 12.0 Å². The van der Waals surface area contributed by atoms with Gasteiger partial charge in [-0.05, 0) is 21.5 Å². The summed E-state index contributed by atoms with van der Waals surface area (Å²) in [5.41, 5.74) is 3.73. The van der Waals surface area contributed by atoms with Crippen molar-refractivity contribution in [2.75, 3.05) is 0 Å². The fourth-order valence-electron chi connectivity index (χ4n) is 4.36. The molecule has 3 aromatic rings. The molecule has 28 heavy (non-hydrogen) atoms. The van der Waals surface area contributed by atoms with Crippen molar-refractivity contribution in [3.8, 4) is 0 Å². The maximum absolute atomic E-state index is 4.22. The van der Waals surface area contributed by atoms with Gasteiger partial charge in [0.1, 0.15) is 6.72 Å². The molecule has 0 saturated carbocycles. The maximum atomic E-state index is 4.22. The van der Waals surface area contributed by atoms with E-state index in [0.29, 0.717) is 0 Å². The van der Waals surface area contributed by atoms with Crippen molar-refractivity contribution < 1.29 is 24.3 Å². The molecule has 135 valence electrons. The van der Waals surface area contributed by atoms with Gasteiger partial charge in [0.15, 0.2) is 6.20 Å². The first-order chi connectivity index (χ1) is 13.3. The third kappa shape index (κ3) is 2.36. The molecule has 0 unspecified atom stereocenters. The summed E-state index contributed by atoms with van der Waals surface area (Å²) >= 11 is 0. The summed E-state index contributed by atoms with van der Waals surface area (Å²) in [7, 11) is 0. The molecule has 0 saturated heterocycles. The van der Waals surface area contributed by atoms with E-state index in [1.54, 1.807) is 0 Å². The van der Waals surface area contributed by atoms with Crippen LogP contribution < -0.4 is 4.24 Å². The second kappa shape index (κ2) is 6.31. The Labute approximate surface area is 176 Å². The summed E-state index contributed by atoms with van der Waals surface area (Å²) in [6.07, 6.45) is 2.02. The van der Waals surface area contributed by atoms with Gasteiger partial charge in [0, 0.05) is 26.2 Å². The summed E-state index contributed by atoms with van der Waals surface area (Å²) in [6, 6.07) is 31.8. The molecule has 0 N–H and O–H groups in total. The fourth-order valence-corrected chi connectivity index (χ4v) is 4.36. The minimum absolute atomic E-state index is 0. The molecule has 0 fully saturated rings. The minimum Gasteiger partial charge on any atom is -0.238 e. The maximum Gasteiger partial charge on any atom is 0.161 e. The van der Waals surface area contributed by atoms with Crippen LogP contribution in [0, 0.1) is 29.3 Å². The molecule has 2 aromatic carbocycles. The van der Waals surface area contributed by atoms with Crippen LogP contribution in [-0.4, -0.2) is 0 Å². The van der Waals surface area contributed by atoms with Gasteiger partial charge in [-0.3, -0.25) is 0 Å². The summed E-state index contributed by atoms with van der Waals surface area (Å²) in [6.45, 7) is 4.22. The topological polar surface area (TPSA) is 5.90 Å². The monoisotopic (exact) mass is 535 g/mol. The fraction of sp³-hybridized carbons (Fsp3) is 0. The Morgan fingerprint density at radius 2 is 1.54 bits per heavy atom. The largest absolute Gasteiger partial charge is 0.238 e. The number of nitrogens with zero attached hydrogens (tertiary/aromatic N) is 1. The van der Waals surface area contributed by atoms with Crippen molar-refractivity contribution in [1.29, 1.82) is 0 Å². The van der Waals surface area contributed by atoms with Gasteiger partial charge in [0.05, 0.1) is 5.35 Å².